The van der Waals surface area contributed by atoms with Gasteiger partial charge in [0.1, 0.15) is 0 Å². The van der Waals surface area contributed by atoms with Gasteiger partial charge in [0.2, 0.25) is 10.0 Å². The second kappa shape index (κ2) is 7.87. The Kier molecular flexibility index (Phi) is 6.11. The SMILES string of the molecule is O=C(NCCNS(=O)(=O)c1cccc(Cl)c1)c1cncc(Br)c1. The zero-order valence-electron chi connectivity index (χ0n) is 11.8. The Morgan fingerprint density at radius 3 is 2.70 bits per heavy atom. The van der Waals surface area contributed by atoms with Crippen molar-refractivity contribution in [2.24, 2.45) is 0 Å². The maximum Gasteiger partial charge on any atom is 0.252 e. The van der Waals surface area contributed by atoms with Crippen LogP contribution in [0.25, 0.3) is 0 Å². The Labute approximate surface area is 147 Å². The molecule has 0 radical (unpaired) electrons. The van der Waals surface area contributed by atoms with Crippen molar-refractivity contribution in [1.82, 2.24) is 15.0 Å². The zero-order valence-corrected chi connectivity index (χ0v) is 15.0. The summed E-state index contributed by atoms with van der Waals surface area (Å²) in [6.07, 6.45) is 2.99. The molecule has 1 aromatic heterocycles. The van der Waals surface area contributed by atoms with Crippen molar-refractivity contribution in [3.05, 3.63) is 57.8 Å². The molecule has 2 N–H and O–H groups in total. The van der Waals surface area contributed by atoms with Gasteiger partial charge in [-0.15, -0.1) is 0 Å². The fourth-order valence-corrected chi connectivity index (χ4v) is 3.41. The molecule has 2 aromatic rings. The molecular weight excluding hydrogens is 406 g/mol. The number of aromatic nitrogens is 1. The normalized spacial score (nSPS) is 11.2. The summed E-state index contributed by atoms with van der Waals surface area (Å²) in [7, 11) is -3.66. The molecule has 0 unspecified atom stereocenters. The minimum atomic E-state index is -3.66. The minimum Gasteiger partial charge on any atom is -0.351 e. The van der Waals surface area contributed by atoms with Crippen LogP contribution in [0.3, 0.4) is 0 Å². The average molecular weight is 419 g/mol. The van der Waals surface area contributed by atoms with Gasteiger partial charge in [0.05, 0.1) is 10.5 Å². The molecule has 0 aliphatic heterocycles. The molecule has 0 aliphatic rings. The number of carbonyl (C=O) groups is 1. The van der Waals surface area contributed by atoms with Crippen molar-refractivity contribution < 1.29 is 13.2 Å². The highest BCUT2D eigenvalue weighted by molar-refractivity contribution is 9.10. The monoisotopic (exact) mass is 417 g/mol. The van der Waals surface area contributed by atoms with Gasteiger partial charge in [-0.25, -0.2) is 13.1 Å². The highest BCUT2D eigenvalue weighted by Crippen LogP contribution is 2.14. The van der Waals surface area contributed by atoms with Crippen molar-refractivity contribution in [2.45, 2.75) is 4.90 Å². The third kappa shape index (κ3) is 5.28. The molecule has 1 amide bonds. The summed E-state index contributed by atoms with van der Waals surface area (Å²) in [4.78, 5) is 15.8. The van der Waals surface area contributed by atoms with Crippen molar-refractivity contribution in [2.75, 3.05) is 13.1 Å². The van der Waals surface area contributed by atoms with E-state index in [9.17, 15) is 13.2 Å². The maximum absolute atomic E-state index is 12.0. The second-order valence-corrected chi connectivity index (χ2v) is 7.62. The Morgan fingerprint density at radius 2 is 2.00 bits per heavy atom. The van der Waals surface area contributed by atoms with Crippen molar-refractivity contribution in [3.63, 3.8) is 0 Å². The molecule has 23 heavy (non-hydrogen) atoms. The van der Waals surface area contributed by atoms with Crippen molar-refractivity contribution >= 4 is 43.5 Å². The Morgan fingerprint density at radius 1 is 1.22 bits per heavy atom. The number of halogens is 2. The van der Waals surface area contributed by atoms with Crippen molar-refractivity contribution in [1.29, 1.82) is 0 Å². The Hall–Kier alpha value is -1.48. The first-order valence-corrected chi connectivity index (χ1v) is 9.18. The van der Waals surface area contributed by atoms with Crippen LogP contribution in [0.4, 0.5) is 0 Å². The number of hydrogen-bond donors (Lipinski definition) is 2. The first-order chi connectivity index (χ1) is 10.9. The number of pyridine rings is 1. The molecule has 1 heterocycles. The van der Waals surface area contributed by atoms with E-state index in [0.717, 1.165) is 0 Å². The van der Waals surface area contributed by atoms with Crippen LogP contribution in [0.2, 0.25) is 5.02 Å². The van der Waals surface area contributed by atoms with Gasteiger partial charge in [-0.3, -0.25) is 9.78 Å². The number of sulfonamides is 1. The number of rotatable bonds is 6. The van der Waals surface area contributed by atoms with Gasteiger partial charge in [0, 0.05) is 35.0 Å². The lowest BCUT2D eigenvalue weighted by Gasteiger charge is -2.08. The quantitative estimate of drug-likeness (QED) is 0.704. The van der Waals surface area contributed by atoms with E-state index in [1.165, 1.54) is 18.3 Å². The van der Waals surface area contributed by atoms with E-state index in [0.29, 0.717) is 15.1 Å². The summed E-state index contributed by atoms with van der Waals surface area (Å²) in [5.41, 5.74) is 0.386. The van der Waals surface area contributed by atoms with E-state index in [-0.39, 0.29) is 23.9 Å². The lowest BCUT2D eigenvalue weighted by atomic mass is 10.3. The average Bonchev–Trinajstić information content (AvgIpc) is 2.51. The van der Waals surface area contributed by atoms with Crippen LogP contribution in [0.5, 0.6) is 0 Å². The summed E-state index contributed by atoms with van der Waals surface area (Å²) in [5.74, 6) is -0.333. The molecule has 2 rings (SSSR count). The lowest BCUT2D eigenvalue weighted by molar-refractivity contribution is 0.0954. The highest BCUT2D eigenvalue weighted by atomic mass is 79.9. The number of hydrogen-bond acceptors (Lipinski definition) is 4. The predicted molar refractivity (Wildman–Crippen MR) is 90.9 cm³/mol. The van der Waals surface area contributed by atoms with Crippen LogP contribution >= 0.6 is 27.5 Å². The number of nitrogens with zero attached hydrogens (tertiary/aromatic N) is 1. The summed E-state index contributed by atoms with van der Waals surface area (Å²) in [5, 5.41) is 2.95. The highest BCUT2D eigenvalue weighted by Gasteiger charge is 2.13. The van der Waals surface area contributed by atoms with Crippen LogP contribution in [0.15, 0.2) is 52.1 Å². The lowest BCUT2D eigenvalue weighted by Crippen LogP contribution is -2.34. The molecular formula is C14H13BrClN3O3S. The molecule has 0 aliphatic carbocycles. The fraction of sp³-hybridized carbons (Fsp3) is 0.143. The topological polar surface area (TPSA) is 88.2 Å². The number of nitrogens with one attached hydrogen (secondary N) is 2. The van der Waals surface area contributed by atoms with Crippen molar-refractivity contribution in [3.8, 4) is 0 Å². The van der Waals surface area contributed by atoms with Crippen LogP contribution < -0.4 is 10.0 Å². The van der Waals surface area contributed by atoms with Gasteiger partial charge < -0.3 is 5.32 Å². The minimum absolute atomic E-state index is 0.0576. The molecule has 1 aromatic carbocycles. The molecule has 0 saturated heterocycles. The molecule has 0 fully saturated rings. The Bertz CT molecular complexity index is 814. The maximum atomic E-state index is 12.0. The molecule has 0 spiro atoms. The van der Waals surface area contributed by atoms with E-state index in [2.05, 4.69) is 31.0 Å². The molecule has 122 valence electrons. The van der Waals surface area contributed by atoms with Gasteiger partial charge in [-0.1, -0.05) is 17.7 Å². The Balaban J connectivity index is 1.86. The van der Waals surface area contributed by atoms with Gasteiger partial charge in [0.25, 0.3) is 5.91 Å². The van der Waals surface area contributed by atoms with E-state index >= 15 is 0 Å². The predicted octanol–water partition coefficient (Wildman–Crippen LogP) is 2.21. The third-order valence-corrected chi connectivity index (χ3v) is 4.90. The van der Waals surface area contributed by atoms with Gasteiger partial charge >= 0.3 is 0 Å². The van der Waals surface area contributed by atoms with Gasteiger partial charge in [-0.2, -0.15) is 0 Å². The second-order valence-electron chi connectivity index (χ2n) is 4.50. The largest absolute Gasteiger partial charge is 0.351 e. The summed E-state index contributed by atoms with van der Waals surface area (Å²) >= 11 is 9.00. The molecule has 9 heteroatoms. The van der Waals surface area contributed by atoms with E-state index < -0.39 is 10.0 Å². The van der Waals surface area contributed by atoms with Crippen LogP contribution in [-0.4, -0.2) is 32.4 Å². The third-order valence-electron chi connectivity index (χ3n) is 2.78. The summed E-state index contributed by atoms with van der Waals surface area (Å²) in [6, 6.07) is 7.57. The van der Waals surface area contributed by atoms with E-state index in [4.69, 9.17) is 11.6 Å². The van der Waals surface area contributed by atoms with Crippen LogP contribution in [-0.2, 0) is 10.0 Å². The van der Waals surface area contributed by atoms with Gasteiger partial charge in [-0.05, 0) is 40.2 Å². The number of amides is 1. The van der Waals surface area contributed by atoms with E-state index in [1.54, 1.807) is 24.4 Å². The molecule has 6 nitrogen and oxygen atoms in total. The first kappa shape index (κ1) is 17.9. The first-order valence-electron chi connectivity index (χ1n) is 6.52. The molecule has 0 bridgehead atoms. The zero-order chi connectivity index (χ0) is 16.9. The number of carbonyl (C=O) groups excluding carboxylic acids is 1. The molecule has 0 atom stereocenters. The van der Waals surface area contributed by atoms with E-state index in [1.807, 2.05) is 0 Å². The summed E-state index contributed by atoms with van der Waals surface area (Å²) in [6.45, 7) is 0.202. The standard InChI is InChI=1S/C14H13BrClN3O3S/c15-11-6-10(8-17-9-11)14(20)18-4-5-19-23(21,22)13-3-1-2-12(16)7-13/h1-3,6-9,19H,4-5H2,(H,18,20). The van der Waals surface area contributed by atoms with Crippen LogP contribution in [0.1, 0.15) is 10.4 Å². The molecule has 0 saturated carbocycles. The summed E-state index contributed by atoms with van der Waals surface area (Å²) < 4.78 is 27.2. The number of benzene rings is 1. The van der Waals surface area contributed by atoms with Gasteiger partial charge in [0.15, 0.2) is 0 Å². The smallest absolute Gasteiger partial charge is 0.252 e. The fourth-order valence-electron chi connectivity index (χ4n) is 1.72. The van der Waals surface area contributed by atoms with Crippen LogP contribution in [0, 0.1) is 0 Å².